The summed E-state index contributed by atoms with van der Waals surface area (Å²) in [5.74, 6) is 5.42. The molecular formula is C15H26N2OS. The third kappa shape index (κ3) is 3.66. The number of hydrogen-bond donors (Lipinski definition) is 2. The number of carbonyl (C=O) groups excluding carboxylic acids is 1. The SMILES string of the molecule is O=C(CC1CSCCN1)NCCC1CC2CCC1C2. The Hall–Kier alpha value is -0.220. The molecule has 3 rings (SSSR count). The predicted molar refractivity (Wildman–Crippen MR) is 80.3 cm³/mol. The Kier molecular flexibility index (Phi) is 4.69. The van der Waals surface area contributed by atoms with Gasteiger partial charge in [0.15, 0.2) is 0 Å². The van der Waals surface area contributed by atoms with Crippen LogP contribution in [0.1, 0.15) is 38.5 Å². The number of rotatable bonds is 5. The summed E-state index contributed by atoms with van der Waals surface area (Å²) in [6, 6.07) is 0.390. The van der Waals surface area contributed by atoms with Crippen molar-refractivity contribution in [2.24, 2.45) is 17.8 Å². The zero-order valence-electron chi connectivity index (χ0n) is 11.7. The normalized spacial score (nSPS) is 37.5. The minimum absolute atomic E-state index is 0.239. The van der Waals surface area contributed by atoms with Crippen molar-refractivity contribution in [2.75, 3.05) is 24.6 Å². The first kappa shape index (κ1) is 13.7. The molecule has 4 heteroatoms. The van der Waals surface area contributed by atoms with E-state index in [1.165, 1.54) is 37.9 Å². The molecule has 0 aromatic heterocycles. The van der Waals surface area contributed by atoms with Crippen LogP contribution in [0.25, 0.3) is 0 Å². The second-order valence-corrected chi connectivity index (χ2v) is 7.65. The predicted octanol–water partition coefficient (Wildman–Crippen LogP) is 2.02. The van der Waals surface area contributed by atoms with Gasteiger partial charge in [-0.1, -0.05) is 6.42 Å². The number of hydrogen-bond acceptors (Lipinski definition) is 3. The molecular weight excluding hydrogens is 256 g/mol. The van der Waals surface area contributed by atoms with E-state index in [1.807, 2.05) is 11.8 Å². The minimum Gasteiger partial charge on any atom is -0.356 e. The fourth-order valence-electron chi connectivity index (χ4n) is 4.17. The average molecular weight is 282 g/mol. The molecule has 3 aliphatic rings. The van der Waals surface area contributed by atoms with Gasteiger partial charge in [0.05, 0.1) is 0 Å². The van der Waals surface area contributed by atoms with Gasteiger partial charge in [-0.05, 0) is 43.4 Å². The quantitative estimate of drug-likeness (QED) is 0.810. The summed E-state index contributed by atoms with van der Waals surface area (Å²) in [7, 11) is 0. The van der Waals surface area contributed by atoms with E-state index in [-0.39, 0.29) is 5.91 Å². The van der Waals surface area contributed by atoms with Crippen LogP contribution in [0.15, 0.2) is 0 Å². The molecule has 4 atom stereocenters. The summed E-state index contributed by atoms with van der Waals surface area (Å²) < 4.78 is 0. The standard InChI is InChI=1S/C15H26N2OS/c18-15(9-14-10-19-6-5-16-14)17-4-3-13-8-11-1-2-12(13)7-11/h11-14,16H,1-10H2,(H,17,18). The van der Waals surface area contributed by atoms with E-state index < -0.39 is 0 Å². The van der Waals surface area contributed by atoms with Crippen LogP contribution >= 0.6 is 11.8 Å². The van der Waals surface area contributed by atoms with Crippen LogP contribution in [0.5, 0.6) is 0 Å². The smallest absolute Gasteiger partial charge is 0.221 e. The number of fused-ring (bicyclic) bond motifs is 2. The molecule has 1 amide bonds. The number of nitrogens with one attached hydrogen (secondary N) is 2. The van der Waals surface area contributed by atoms with E-state index >= 15 is 0 Å². The Morgan fingerprint density at radius 1 is 1.32 bits per heavy atom. The van der Waals surface area contributed by atoms with Crippen molar-refractivity contribution in [3.05, 3.63) is 0 Å². The molecule has 2 saturated carbocycles. The topological polar surface area (TPSA) is 41.1 Å². The summed E-state index contributed by atoms with van der Waals surface area (Å²) in [6.45, 7) is 1.94. The molecule has 1 aliphatic heterocycles. The lowest BCUT2D eigenvalue weighted by Crippen LogP contribution is -2.41. The Balaban J connectivity index is 1.30. The van der Waals surface area contributed by atoms with Gasteiger partial charge in [0, 0.05) is 37.1 Å². The molecule has 1 saturated heterocycles. The fourth-order valence-corrected chi connectivity index (χ4v) is 5.12. The van der Waals surface area contributed by atoms with E-state index in [2.05, 4.69) is 10.6 Å². The number of amides is 1. The maximum absolute atomic E-state index is 11.9. The van der Waals surface area contributed by atoms with Crippen molar-refractivity contribution in [3.8, 4) is 0 Å². The van der Waals surface area contributed by atoms with Crippen LogP contribution in [0.4, 0.5) is 0 Å². The van der Waals surface area contributed by atoms with Gasteiger partial charge in [-0.25, -0.2) is 0 Å². The maximum Gasteiger partial charge on any atom is 0.221 e. The first-order valence-corrected chi connectivity index (χ1v) is 9.04. The minimum atomic E-state index is 0.239. The Morgan fingerprint density at radius 3 is 2.95 bits per heavy atom. The lowest BCUT2D eigenvalue weighted by atomic mass is 9.86. The van der Waals surface area contributed by atoms with Crippen molar-refractivity contribution < 1.29 is 4.79 Å². The number of carbonyl (C=O) groups is 1. The Labute approximate surface area is 120 Å². The summed E-state index contributed by atoms with van der Waals surface area (Å²) in [4.78, 5) is 11.9. The van der Waals surface area contributed by atoms with Gasteiger partial charge in [0.25, 0.3) is 0 Å². The molecule has 3 fully saturated rings. The molecule has 0 radical (unpaired) electrons. The molecule has 3 nitrogen and oxygen atoms in total. The van der Waals surface area contributed by atoms with Gasteiger partial charge < -0.3 is 10.6 Å². The highest BCUT2D eigenvalue weighted by atomic mass is 32.2. The summed E-state index contributed by atoms with van der Waals surface area (Å²) in [6.07, 6.45) is 7.69. The first-order valence-electron chi connectivity index (χ1n) is 7.89. The van der Waals surface area contributed by atoms with Crippen molar-refractivity contribution >= 4 is 17.7 Å². The lowest BCUT2D eigenvalue weighted by molar-refractivity contribution is -0.121. The third-order valence-electron chi connectivity index (χ3n) is 5.15. The molecule has 4 unspecified atom stereocenters. The Morgan fingerprint density at radius 2 is 2.26 bits per heavy atom. The molecule has 2 bridgehead atoms. The van der Waals surface area contributed by atoms with Crippen LogP contribution in [-0.2, 0) is 4.79 Å². The van der Waals surface area contributed by atoms with Crippen molar-refractivity contribution in [1.29, 1.82) is 0 Å². The largest absolute Gasteiger partial charge is 0.356 e. The van der Waals surface area contributed by atoms with Gasteiger partial charge in [-0.3, -0.25) is 4.79 Å². The van der Waals surface area contributed by atoms with E-state index in [0.29, 0.717) is 12.5 Å². The zero-order valence-corrected chi connectivity index (χ0v) is 12.5. The fraction of sp³-hybridized carbons (Fsp3) is 0.933. The van der Waals surface area contributed by atoms with Crippen LogP contribution in [0.3, 0.4) is 0 Å². The lowest BCUT2D eigenvalue weighted by Gasteiger charge is -2.23. The second-order valence-electron chi connectivity index (χ2n) is 6.50. The van der Waals surface area contributed by atoms with Crippen LogP contribution in [0.2, 0.25) is 0 Å². The molecule has 2 aliphatic carbocycles. The van der Waals surface area contributed by atoms with E-state index in [4.69, 9.17) is 0 Å². The Bertz CT molecular complexity index is 317. The van der Waals surface area contributed by atoms with Crippen molar-refractivity contribution in [1.82, 2.24) is 10.6 Å². The number of thioether (sulfide) groups is 1. The van der Waals surface area contributed by atoms with Gasteiger partial charge in [-0.2, -0.15) is 11.8 Å². The molecule has 108 valence electrons. The van der Waals surface area contributed by atoms with Crippen molar-refractivity contribution in [2.45, 2.75) is 44.6 Å². The van der Waals surface area contributed by atoms with E-state index in [9.17, 15) is 4.79 Å². The van der Waals surface area contributed by atoms with Gasteiger partial charge >= 0.3 is 0 Å². The first-order chi connectivity index (χ1) is 9.31. The summed E-state index contributed by atoms with van der Waals surface area (Å²) in [5.41, 5.74) is 0. The summed E-state index contributed by atoms with van der Waals surface area (Å²) >= 11 is 1.95. The molecule has 19 heavy (non-hydrogen) atoms. The van der Waals surface area contributed by atoms with Crippen LogP contribution < -0.4 is 10.6 Å². The van der Waals surface area contributed by atoms with Crippen LogP contribution in [-0.4, -0.2) is 36.5 Å². The second kappa shape index (κ2) is 6.49. The highest BCUT2D eigenvalue weighted by Gasteiger charge is 2.38. The maximum atomic E-state index is 11.9. The van der Waals surface area contributed by atoms with Crippen LogP contribution in [0, 0.1) is 17.8 Å². The molecule has 2 N–H and O–H groups in total. The monoisotopic (exact) mass is 282 g/mol. The highest BCUT2D eigenvalue weighted by molar-refractivity contribution is 7.99. The average Bonchev–Trinajstić information content (AvgIpc) is 3.02. The zero-order chi connectivity index (χ0) is 13.1. The molecule has 1 heterocycles. The van der Waals surface area contributed by atoms with Gasteiger partial charge in [0.2, 0.25) is 5.91 Å². The van der Waals surface area contributed by atoms with Gasteiger partial charge in [0.1, 0.15) is 0 Å². The summed E-state index contributed by atoms with van der Waals surface area (Å²) in [5, 5.41) is 6.55. The van der Waals surface area contributed by atoms with Gasteiger partial charge in [-0.15, -0.1) is 0 Å². The highest BCUT2D eigenvalue weighted by Crippen LogP contribution is 2.49. The third-order valence-corrected chi connectivity index (χ3v) is 6.28. The molecule has 0 aromatic rings. The molecule has 0 spiro atoms. The van der Waals surface area contributed by atoms with E-state index in [1.54, 1.807) is 0 Å². The molecule has 0 aromatic carbocycles. The van der Waals surface area contributed by atoms with Crippen molar-refractivity contribution in [3.63, 3.8) is 0 Å². The van der Waals surface area contributed by atoms with E-state index in [0.717, 1.165) is 36.6 Å².